The number of carbonyl (C=O) groups is 2. The van der Waals surface area contributed by atoms with Crippen molar-refractivity contribution in [2.45, 2.75) is 19.4 Å². The molecule has 1 atom stereocenters. The Kier molecular flexibility index (Phi) is 4.91. The Morgan fingerprint density at radius 2 is 1.90 bits per heavy atom. The van der Waals surface area contributed by atoms with Crippen LogP contribution in [-0.4, -0.2) is 35.6 Å². The van der Waals surface area contributed by atoms with Crippen molar-refractivity contribution in [1.82, 2.24) is 10.2 Å². The van der Waals surface area contributed by atoms with Gasteiger partial charge in [-0.3, -0.25) is 0 Å². The zero-order valence-electron chi connectivity index (χ0n) is 12.0. The summed E-state index contributed by atoms with van der Waals surface area (Å²) in [6.45, 7) is 7.37. The number of carbonyl (C=O) groups excluding carboxylic acids is 1. The maximum atomic E-state index is 12.1. The predicted octanol–water partition coefficient (Wildman–Crippen LogP) is 2.20. The van der Waals surface area contributed by atoms with Gasteiger partial charge >= 0.3 is 12.0 Å². The number of carboxylic acid groups (broad SMARTS) is 1. The highest BCUT2D eigenvalue weighted by atomic mass is 16.4. The maximum Gasteiger partial charge on any atom is 0.333 e. The zero-order valence-corrected chi connectivity index (χ0v) is 12.0. The van der Waals surface area contributed by atoms with Gasteiger partial charge in [-0.05, 0) is 19.4 Å². The van der Waals surface area contributed by atoms with E-state index in [1.54, 1.807) is 44.3 Å². The monoisotopic (exact) mass is 276 g/mol. The molecule has 0 saturated carbocycles. The van der Waals surface area contributed by atoms with Crippen molar-refractivity contribution >= 4 is 12.0 Å². The van der Waals surface area contributed by atoms with E-state index in [2.05, 4.69) is 11.9 Å². The highest BCUT2D eigenvalue weighted by molar-refractivity contribution is 5.87. The number of hydrogen-bond donors (Lipinski definition) is 2. The Bertz CT molecular complexity index is 513. The molecule has 1 aromatic rings. The van der Waals surface area contributed by atoms with E-state index in [1.807, 2.05) is 0 Å². The lowest BCUT2D eigenvalue weighted by atomic mass is 9.92. The summed E-state index contributed by atoms with van der Waals surface area (Å²) in [4.78, 5) is 25.0. The van der Waals surface area contributed by atoms with Crippen LogP contribution >= 0.6 is 0 Å². The first-order valence-corrected chi connectivity index (χ1v) is 6.24. The molecule has 5 nitrogen and oxygen atoms in total. The van der Waals surface area contributed by atoms with Crippen LogP contribution in [0.1, 0.15) is 19.4 Å². The maximum absolute atomic E-state index is 12.1. The first kappa shape index (κ1) is 15.8. The summed E-state index contributed by atoms with van der Waals surface area (Å²) in [7, 11) is 1.59. The van der Waals surface area contributed by atoms with E-state index in [-0.39, 0.29) is 0 Å². The quantitative estimate of drug-likeness (QED) is 0.810. The minimum atomic E-state index is -1.47. The molecule has 0 aromatic heterocycles. The molecule has 1 unspecified atom stereocenters. The summed E-state index contributed by atoms with van der Waals surface area (Å²) in [5, 5.41) is 12.0. The molecule has 0 heterocycles. The van der Waals surface area contributed by atoms with E-state index in [9.17, 15) is 14.7 Å². The summed E-state index contributed by atoms with van der Waals surface area (Å²) in [6, 6.07) is 8.16. The number of likely N-dealkylation sites (N-methyl/N-ethyl adjacent to an activating group) is 1. The third kappa shape index (κ3) is 3.60. The van der Waals surface area contributed by atoms with Gasteiger partial charge in [-0.15, -0.1) is 0 Å². The van der Waals surface area contributed by atoms with Crippen molar-refractivity contribution in [3.8, 4) is 0 Å². The molecule has 2 N–H and O–H groups in total. The number of carboxylic acids is 1. The van der Waals surface area contributed by atoms with Gasteiger partial charge in [0, 0.05) is 13.6 Å². The van der Waals surface area contributed by atoms with Crippen LogP contribution in [0.2, 0.25) is 0 Å². The van der Waals surface area contributed by atoms with Crippen molar-refractivity contribution in [1.29, 1.82) is 0 Å². The molecule has 20 heavy (non-hydrogen) atoms. The molecule has 0 aliphatic carbocycles. The molecule has 108 valence electrons. The van der Waals surface area contributed by atoms with Gasteiger partial charge in [-0.1, -0.05) is 42.5 Å². The molecule has 0 spiro atoms. The van der Waals surface area contributed by atoms with Gasteiger partial charge < -0.3 is 15.3 Å². The van der Waals surface area contributed by atoms with E-state index >= 15 is 0 Å². The van der Waals surface area contributed by atoms with Crippen molar-refractivity contribution in [3.05, 3.63) is 48.0 Å². The summed E-state index contributed by atoms with van der Waals surface area (Å²) >= 11 is 0. The number of benzene rings is 1. The third-order valence-corrected chi connectivity index (χ3v) is 2.99. The molecule has 0 aliphatic rings. The molecule has 2 amide bonds. The normalized spacial score (nSPS) is 13.2. The minimum absolute atomic E-state index is 0.371. The predicted molar refractivity (Wildman–Crippen MR) is 77.4 cm³/mol. The number of rotatable bonds is 5. The standard InChI is InChI=1S/C15H20N2O3/c1-11(2)10-17(4)14(20)16-15(3,13(18)19)12-8-6-5-7-9-12/h5-9H,1,10H2,2-4H3,(H,16,20)(H,18,19). The Balaban J connectivity index is 2.96. The van der Waals surface area contributed by atoms with Crippen LogP contribution in [0.4, 0.5) is 4.79 Å². The van der Waals surface area contributed by atoms with Gasteiger partial charge in [-0.25, -0.2) is 9.59 Å². The number of amides is 2. The van der Waals surface area contributed by atoms with Crippen LogP contribution in [0.25, 0.3) is 0 Å². The number of nitrogens with zero attached hydrogens (tertiary/aromatic N) is 1. The second-order valence-electron chi connectivity index (χ2n) is 5.04. The zero-order chi connectivity index (χ0) is 15.3. The summed E-state index contributed by atoms with van der Waals surface area (Å²) in [5.74, 6) is -1.11. The van der Waals surface area contributed by atoms with Crippen LogP contribution in [0, 0.1) is 0 Å². The molecule has 0 aliphatic heterocycles. The summed E-state index contributed by atoms with van der Waals surface area (Å²) in [6.07, 6.45) is 0. The fraction of sp³-hybridized carbons (Fsp3) is 0.333. The highest BCUT2D eigenvalue weighted by Crippen LogP contribution is 2.21. The van der Waals surface area contributed by atoms with Gasteiger partial charge in [0.05, 0.1) is 0 Å². The number of hydrogen-bond acceptors (Lipinski definition) is 2. The second kappa shape index (κ2) is 6.23. The van der Waals surface area contributed by atoms with Crippen molar-refractivity contribution < 1.29 is 14.7 Å². The Hall–Kier alpha value is -2.30. The fourth-order valence-corrected chi connectivity index (χ4v) is 1.81. The second-order valence-corrected chi connectivity index (χ2v) is 5.04. The number of nitrogens with one attached hydrogen (secondary N) is 1. The molecule has 0 saturated heterocycles. The van der Waals surface area contributed by atoms with Crippen molar-refractivity contribution in [2.24, 2.45) is 0 Å². The first-order chi connectivity index (χ1) is 9.27. The highest BCUT2D eigenvalue weighted by Gasteiger charge is 2.37. The smallest absolute Gasteiger partial charge is 0.333 e. The van der Waals surface area contributed by atoms with Gasteiger partial charge in [0.1, 0.15) is 0 Å². The van der Waals surface area contributed by atoms with Crippen LogP contribution in [0.5, 0.6) is 0 Å². The van der Waals surface area contributed by atoms with Gasteiger partial charge in [0.25, 0.3) is 0 Å². The summed E-state index contributed by atoms with van der Waals surface area (Å²) < 4.78 is 0. The molecule has 0 fully saturated rings. The topological polar surface area (TPSA) is 69.6 Å². The Morgan fingerprint density at radius 1 is 1.35 bits per heavy atom. The van der Waals surface area contributed by atoms with Crippen molar-refractivity contribution in [2.75, 3.05) is 13.6 Å². The van der Waals surface area contributed by atoms with E-state index in [0.717, 1.165) is 5.57 Å². The first-order valence-electron chi connectivity index (χ1n) is 6.24. The van der Waals surface area contributed by atoms with E-state index < -0.39 is 17.5 Å². The average molecular weight is 276 g/mol. The van der Waals surface area contributed by atoms with E-state index in [0.29, 0.717) is 12.1 Å². The number of urea groups is 1. The minimum Gasteiger partial charge on any atom is -0.479 e. The molecule has 5 heteroatoms. The average Bonchev–Trinajstić information content (AvgIpc) is 2.38. The molecule has 0 radical (unpaired) electrons. The van der Waals surface area contributed by atoms with Crippen LogP contribution < -0.4 is 5.32 Å². The Morgan fingerprint density at radius 3 is 2.35 bits per heavy atom. The van der Waals surface area contributed by atoms with Gasteiger partial charge in [-0.2, -0.15) is 0 Å². The van der Waals surface area contributed by atoms with Gasteiger partial charge in [0.2, 0.25) is 0 Å². The third-order valence-electron chi connectivity index (χ3n) is 2.99. The van der Waals surface area contributed by atoms with Crippen LogP contribution in [-0.2, 0) is 10.3 Å². The van der Waals surface area contributed by atoms with Crippen molar-refractivity contribution in [3.63, 3.8) is 0 Å². The van der Waals surface area contributed by atoms with Crippen LogP contribution in [0.15, 0.2) is 42.5 Å². The Labute approximate surface area is 118 Å². The molecule has 1 aromatic carbocycles. The fourth-order valence-electron chi connectivity index (χ4n) is 1.81. The lowest BCUT2D eigenvalue weighted by Crippen LogP contribution is -2.53. The lowest BCUT2D eigenvalue weighted by molar-refractivity contribution is -0.144. The molecular weight excluding hydrogens is 256 g/mol. The van der Waals surface area contributed by atoms with E-state index in [4.69, 9.17) is 0 Å². The molecule has 0 bridgehead atoms. The number of aliphatic carboxylic acids is 1. The van der Waals surface area contributed by atoms with Gasteiger partial charge in [0.15, 0.2) is 5.54 Å². The van der Waals surface area contributed by atoms with Crippen LogP contribution in [0.3, 0.4) is 0 Å². The van der Waals surface area contributed by atoms with E-state index in [1.165, 1.54) is 11.8 Å². The molecule has 1 rings (SSSR count). The lowest BCUT2D eigenvalue weighted by Gasteiger charge is -2.29. The molecular formula is C15H20N2O3. The largest absolute Gasteiger partial charge is 0.479 e. The summed E-state index contributed by atoms with van der Waals surface area (Å²) in [5.41, 5.74) is -0.134. The SMILES string of the molecule is C=C(C)CN(C)C(=O)NC(C)(C(=O)O)c1ccccc1.